The van der Waals surface area contributed by atoms with E-state index < -0.39 is 10.0 Å². The zero-order valence-electron chi connectivity index (χ0n) is 16.5. The highest BCUT2D eigenvalue weighted by Crippen LogP contribution is 2.40. The van der Waals surface area contributed by atoms with Crippen LogP contribution in [0.3, 0.4) is 0 Å². The summed E-state index contributed by atoms with van der Waals surface area (Å²) in [4.78, 5) is 20.1. The van der Waals surface area contributed by atoms with E-state index in [0.717, 1.165) is 29.9 Å². The van der Waals surface area contributed by atoms with Crippen molar-refractivity contribution < 1.29 is 18.9 Å². The molecule has 13 heteroatoms. The van der Waals surface area contributed by atoms with Crippen molar-refractivity contribution in [2.75, 3.05) is 18.4 Å². The number of amides is 1. The molecule has 3 aromatic heterocycles. The maximum atomic E-state index is 12.4. The molecule has 0 saturated heterocycles. The van der Waals surface area contributed by atoms with Gasteiger partial charge >= 0.3 is 0 Å². The van der Waals surface area contributed by atoms with E-state index in [1.807, 2.05) is 6.07 Å². The molecule has 1 aliphatic rings. The van der Waals surface area contributed by atoms with Crippen LogP contribution in [-0.2, 0) is 14.8 Å². The van der Waals surface area contributed by atoms with Crippen LogP contribution in [0.1, 0.15) is 37.1 Å². The van der Waals surface area contributed by atoms with Gasteiger partial charge in [0.25, 0.3) is 0 Å². The van der Waals surface area contributed by atoms with Crippen LogP contribution in [0.5, 0.6) is 0 Å². The summed E-state index contributed by atoms with van der Waals surface area (Å²) in [5, 5.41) is 13.2. The van der Waals surface area contributed by atoms with Gasteiger partial charge in [-0.05, 0) is 25.0 Å². The lowest BCUT2D eigenvalue weighted by atomic mass is 10.3. The minimum atomic E-state index is -3.71. The minimum absolute atomic E-state index is 0. The van der Waals surface area contributed by atoms with Crippen LogP contribution in [0.25, 0.3) is 10.7 Å². The van der Waals surface area contributed by atoms with Gasteiger partial charge < -0.3 is 10.6 Å². The molecule has 1 saturated carbocycles. The van der Waals surface area contributed by atoms with Crippen molar-refractivity contribution in [2.45, 2.75) is 29.9 Å². The van der Waals surface area contributed by atoms with Crippen LogP contribution in [0.2, 0.25) is 5.02 Å². The summed E-state index contributed by atoms with van der Waals surface area (Å²) in [7, 11) is -3.71. The largest absolute Gasteiger partial charge is 0.355 e. The Morgan fingerprint density at radius 2 is 2.16 bits per heavy atom. The van der Waals surface area contributed by atoms with Crippen molar-refractivity contribution in [1.29, 1.82) is 0 Å². The number of nitrogens with zero attached hydrogens (tertiary/aromatic N) is 3. The third-order valence-electron chi connectivity index (χ3n) is 4.46. The van der Waals surface area contributed by atoms with Crippen molar-refractivity contribution in [2.24, 2.45) is 0 Å². The molecule has 4 rings (SSSR count). The van der Waals surface area contributed by atoms with Gasteiger partial charge in [0.05, 0.1) is 11.1 Å². The first-order chi connectivity index (χ1) is 14.8. The number of H-pyrrole nitrogens is 1. The molecular weight excluding hydrogens is 462 g/mol. The molecule has 10 nitrogen and oxygen atoms in total. The van der Waals surface area contributed by atoms with Crippen LogP contribution in [0, 0.1) is 0 Å². The van der Waals surface area contributed by atoms with Gasteiger partial charge in [0, 0.05) is 43.4 Å². The zero-order valence-corrected chi connectivity index (χ0v) is 18.9. The molecule has 0 bridgehead atoms. The van der Waals surface area contributed by atoms with Gasteiger partial charge in [-0.15, -0.1) is 11.3 Å². The molecule has 0 radical (unpaired) electrons. The highest BCUT2D eigenvalue weighted by Gasteiger charge is 2.25. The monoisotopic (exact) mass is 489 g/mol. The molecule has 0 spiro atoms. The van der Waals surface area contributed by atoms with Crippen LogP contribution in [0.4, 0.5) is 11.6 Å². The first-order valence-electron chi connectivity index (χ1n) is 9.51. The molecule has 0 unspecified atom stereocenters. The molecular formula is C18H28ClN7O3S2. The number of thiophene rings is 1. The minimum Gasteiger partial charge on any atom is -0.355 e. The van der Waals surface area contributed by atoms with Gasteiger partial charge in [-0.25, -0.2) is 23.1 Å². The van der Waals surface area contributed by atoms with Crippen LogP contribution in [0.15, 0.2) is 28.6 Å². The van der Waals surface area contributed by atoms with Crippen molar-refractivity contribution in [3.05, 3.63) is 35.1 Å². The second-order valence-corrected chi connectivity index (χ2v) is 10.5. The third-order valence-corrected chi connectivity index (χ3v) is 7.77. The van der Waals surface area contributed by atoms with Gasteiger partial charge in [0.1, 0.15) is 9.23 Å². The van der Waals surface area contributed by atoms with Crippen molar-refractivity contribution >= 4 is 50.5 Å². The van der Waals surface area contributed by atoms with Crippen LogP contribution < -0.4 is 15.4 Å². The normalized spacial score (nSPS) is 13.9. The molecule has 31 heavy (non-hydrogen) atoms. The van der Waals surface area contributed by atoms with Crippen molar-refractivity contribution in [1.82, 2.24) is 30.2 Å². The molecule has 0 aromatic carbocycles. The number of hydrogen-bond donors (Lipinski definition) is 4. The van der Waals surface area contributed by atoms with E-state index in [2.05, 4.69) is 35.5 Å². The molecule has 3 aromatic rings. The van der Waals surface area contributed by atoms with Crippen molar-refractivity contribution in [3.8, 4) is 10.7 Å². The Bertz CT molecular complexity index is 1220. The van der Waals surface area contributed by atoms with Crippen molar-refractivity contribution in [3.63, 3.8) is 0 Å². The van der Waals surface area contributed by atoms with Gasteiger partial charge in [0.15, 0.2) is 17.5 Å². The van der Waals surface area contributed by atoms with Crippen LogP contribution >= 0.6 is 22.9 Å². The number of aromatic nitrogens is 4. The van der Waals surface area contributed by atoms with Gasteiger partial charge in [-0.1, -0.05) is 11.6 Å². The number of carbonyl (C=O) groups is 1. The van der Waals surface area contributed by atoms with E-state index in [9.17, 15) is 13.2 Å². The molecule has 0 atom stereocenters. The second kappa shape index (κ2) is 8.91. The number of carbonyl (C=O) groups excluding carboxylic acids is 1. The fraction of sp³-hybridized carbons (Fsp3) is 0.333. The maximum Gasteiger partial charge on any atom is 0.250 e. The SMILES string of the molecule is CC(=O)NCCNS(=O)(=O)c1ccc(-c2ncc(Cl)c(Nc3cc(C4CC4)[nH]n3)n2)s1.[HH].[HH].[HH].[HH]. The zero-order chi connectivity index (χ0) is 22.0. The molecule has 172 valence electrons. The molecule has 0 aliphatic heterocycles. The Kier molecular flexibility index (Phi) is 6.23. The smallest absolute Gasteiger partial charge is 0.250 e. The summed E-state index contributed by atoms with van der Waals surface area (Å²) in [5.41, 5.74) is 1.08. The first kappa shape index (κ1) is 21.7. The quantitative estimate of drug-likeness (QED) is 0.336. The number of anilines is 2. The highest BCUT2D eigenvalue weighted by molar-refractivity contribution is 7.91. The van der Waals surface area contributed by atoms with Crippen LogP contribution in [-0.4, -0.2) is 47.6 Å². The summed E-state index contributed by atoms with van der Waals surface area (Å²) < 4.78 is 27.5. The first-order valence-corrected chi connectivity index (χ1v) is 12.2. The summed E-state index contributed by atoms with van der Waals surface area (Å²) >= 11 is 7.27. The Labute approximate surface area is 193 Å². The predicted molar refractivity (Wildman–Crippen MR) is 127 cm³/mol. The fourth-order valence-electron chi connectivity index (χ4n) is 2.78. The van der Waals surface area contributed by atoms with E-state index in [1.54, 1.807) is 6.07 Å². The lowest BCUT2D eigenvalue weighted by Crippen LogP contribution is -2.33. The Hall–Kier alpha value is -2.54. The van der Waals surface area contributed by atoms with E-state index in [-0.39, 0.29) is 28.9 Å². The Balaban J connectivity index is 0.00000289. The number of rotatable bonds is 9. The standard InChI is InChI=1S/C18H20ClN7O3S2.4H2/c1-10(27)20-6-7-22-31(28,29)16-5-4-14(30-16)18-21-9-12(19)17(24-18)23-15-8-13(25-26-15)11-2-3-11;;;;/h4-5,8-9,11,22H,2-3,6-7H2,1H3,(H,20,27)(H2,21,23,24,25,26);4*1H. The number of aromatic amines is 1. The van der Waals surface area contributed by atoms with Gasteiger partial charge in [-0.2, -0.15) is 5.10 Å². The number of halogens is 1. The molecule has 1 fully saturated rings. The molecule has 4 N–H and O–H groups in total. The highest BCUT2D eigenvalue weighted by atomic mass is 35.5. The Morgan fingerprint density at radius 3 is 2.90 bits per heavy atom. The number of sulfonamides is 1. The fourth-order valence-corrected chi connectivity index (χ4v) is 5.24. The van der Waals surface area contributed by atoms with E-state index in [1.165, 1.54) is 19.2 Å². The average molecular weight is 490 g/mol. The molecule has 1 amide bonds. The summed E-state index contributed by atoms with van der Waals surface area (Å²) in [6.07, 6.45) is 3.78. The predicted octanol–water partition coefficient (Wildman–Crippen LogP) is 3.60. The molecule has 3 heterocycles. The third kappa shape index (κ3) is 5.39. The topological polar surface area (TPSA) is 142 Å². The van der Waals surface area contributed by atoms with Gasteiger partial charge in [0.2, 0.25) is 15.9 Å². The van der Waals surface area contributed by atoms with E-state index >= 15 is 0 Å². The lowest BCUT2D eigenvalue weighted by Gasteiger charge is -2.06. The van der Waals surface area contributed by atoms with Gasteiger partial charge in [-0.3, -0.25) is 9.89 Å². The summed E-state index contributed by atoms with van der Waals surface area (Å²) in [5.74, 6) is 1.64. The Morgan fingerprint density at radius 1 is 1.35 bits per heavy atom. The summed E-state index contributed by atoms with van der Waals surface area (Å²) in [6.45, 7) is 1.67. The van der Waals surface area contributed by atoms with E-state index in [0.29, 0.717) is 33.3 Å². The second-order valence-electron chi connectivity index (χ2n) is 7.00. The number of nitrogens with one attached hydrogen (secondary N) is 4. The number of hydrogen-bond acceptors (Lipinski definition) is 8. The summed E-state index contributed by atoms with van der Waals surface area (Å²) in [6, 6.07) is 5.06. The lowest BCUT2D eigenvalue weighted by molar-refractivity contribution is -0.118. The van der Waals surface area contributed by atoms with E-state index in [4.69, 9.17) is 11.6 Å². The average Bonchev–Trinajstić information content (AvgIpc) is 3.25. The maximum absolute atomic E-state index is 12.4. The molecule has 1 aliphatic carbocycles.